The Labute approximate surface area is 204 Å². The highest BCUT2D eigenvalue weighted by Crippen LogP contribution is 2.38. The van der Waals surface area contributed by atoms with Gasteiger partial charge in [0.15, 0.2) is 0 Å². The molecule has 0 saturated carbocycles. The van der Waals surface area contributed by atoms with Crippen LogP contribution in [0.25, 0.3) is 0 Å². The molecule has 0 amide bonds. The van der Waals surface area contributed by atoms with Crippen molar-refractivity contribution in [1.29, 1.82) is 0 Å². The summed E-state index contributed by atoms with van der Waals surface area (Å²) in [6.07, 6.45) is 0.249. The van der Waals surface area contributed by atoms with Crippen LogP contribution in [0.1, 0.15) is 17.2 Å². The second-order valence-corrected chi connectivity index (χ2v) is 10.6. The highest BCUT2D eigenvalue weighted by Gasteiger charge is 2.38. The zero-order valence-electron chi connectivity index (χ0n) is 18.2. The van der Waals surface area contributed by atoms with Crippen LogP contribution in [0.2, 0.25) is 10.0 Å². The molecule has 0 aliphatic carbocycles. The lowest BCUT2D eigenvalue weighted by molar-refractivity contribution is -0.113. The third kappa shape index (κ3) is 5.27. The Bertz CT molecular complexity index is 939. The summed E-state index contributed by atoms with van der Waals surface area (Å²) >= 11 is 13.9. The van der Waals surface area contributed by atoms with Gasteiger partial charge in [-0.1, -0.05) is 47.5 Å². The van der Waals surface area contributed by atoms with E-state index in [1.165, 1.54) is 0 Å². The van der Waals surface area contributed by atoms with Gasteiger partial charge in [-0.05, 0) is 30.8 Å². The largest absolute Gasteiger partial charge is 0.387 e. The van der Waals surface area contributed by atoms with Crippen molar-refractivity contribution in [2.24, 2.45) is 0 Å². The quantitative estimate of drug-likeness (QED) is 0.614. The van der Waals surface area contributed by atoms with E-state index < -0.39 is 12.1 Å². The lowest BCUT2D eigenvalue weighted by Gasteiger charge is -2.41. The molecule has 0 aromatic heterocycles. The number of aldehydes is 1. The second-order valence-electron chi connectivity index (χ2n) is 8.47. The molecule has 3 atom stereocenters. The molecule has 0 radical (unpaired) electrons. The summed E-state index contributed by atoms with van der Waals surface area (Å²) in [6, 6.07) is 13.2. The van der Waals surface area contributed by atoms with E-state index in [1.807, 2.05) is 30.3 Å². The Morgan fingerprint density at radius 1 is 1.09 bits per heavy atom. The molecule has 4 rings (SSSR count). The summed E-state index contributed by atoms with van der Waals surface area (Å²) in [5.41, 5.74) is 2.97. The third-order valence-corrected chi connectivity index (χ3v) is 8.45. The van der Waals surface area contributed by atoms with Crippen LogP contribution in [0.4, 0.5) is 5.69 Å². The number of carbonyl (C=O) groups excluding carboxylic acids is 1. The molecule has 1 N–H and O–H groups in total. The van der Waals surface area contributed by atoms with Crippen LogP contribution in [0.15, 0.2) is 42.5 Å². The van der Waals surface area contributed by atoms with Gasteiger partial charge < -0.3 is 19.7 Å². The molecule has 172 valence electrons. The first kappa shape index (κ1) is 23.9. The average Bonchev–Trinajstić information content (AvgIpc) is 2.81. The van der Waals surface area contributed by atoms with E-state index in [4.69, 9.17) is 23.2 Å². The van der Waals surface area contributed by atoms with Crippen LogP contribution in [-0.4, -0.2) is 78.0 Å². The van der Waals surface area contributed by atoms with Crippen molar-refractivity contribution in [1.82, 2.24) is 9.80 Å². The zero-order valence-corrected chi connectivity index (χ0v) is 20.5. The molecule has 2 heterocycles. The van der Waals surface area contributed by atoms with E-state index in [1.54, 1.807) is 17.8 Å². The van der Waals surface area contributed by atoms with E-state index in [0.717, 1.165) is 61.6 Å². The SMILES string of the molecule is CN1CCN(c2ccccc2C(O)C2SCCN(Cc3ccc(Cl)c(Cl)c3)C2C=O)CC1. The number of aliphatic hydroxyl groups excluding tert-OH is 1. The normalized spacial score (nSPS) is 23.8. The van der Waals surface area contributed by atoms with Gasteiger partial charge in [-0.2, -0.15) is 11.8 Å². The fraction of sp³-hybridized carbons (Fsp3) is 0.458. The predicted molar refractivity (Wildman–Crippen MR) is 134 cm³/mol. The fourth-order valence-electron chi connectivity index (χ4n) is 4.51. The van der Waals surface area contributed by atoms with Gasteiger partial charge in [0.1, 0.15) is 6.29 Å². The Morgan fingerprint density at radius 3 is 2.56 bits per heavy atom. The summed E-state index contributed by atoms with van der Waals surface area (Å²) in [5, 5.41) is 12.3. The van der Waals surface area contributed by atoms with Gasteiger partial charge in [0.2, 0.25) is 0 Å². The van der Waals surface area contributed by atoms with Crippen molar-refractivity contribution in [2.75, 3.05) is 50.4 Å². The number of likely N-dealkylation sites (N-methyl/N-ethyl adjacent to an activating group) is 1. The lowest BCUT2D eigenvalue weighted by Crippen LogP contribution is -2.50. The number of carbonyl (C=O) groups is 1. The molecule has 8 heteroatoms. The zero-order chi connectivity index (χ0) is 22.7. The third-order valence-electron chi connectivity index (χ3n) is 6.37. The minimum Gasteiger partial charge on any atom is -0.387 e. The monoisotopic (exact) mass is 493 g/mol. The highest BCUT2D eigenvalue weighted by molar-refractivity contribution is 8.00. The number of benzene rings is 2. The van der Waals surface area contributed by atoms with Gasteiger partial charge in [-0.15, -0.1) is 0 Å². The van der Waals surface area contributed by atoms with Gasteiger partial charge >= 0.3 is 0 Å². The maximum absolute atomic E-state index is 12.2. The maximum atomic E-state index is 12.2. The smallest absolute Gasteiger partial charge is 0.138 e. The van der Waals surface area contributed by atoms with Crippen molar-refractivity contribution in [3.05, 3.63) is 63.6 Å². The van der Waals surface area contributed by atoms with E-state index in [-0.39, 0.29) is 5.25 Å². The first-order chi connectivity index (χ1) is 15.5. The topological polar surface area (TPSA) is 47.0 Å². The maximum Gasteiger partial charge on any atom is 0.138 e. The number of thioether (sulfide) groups is 1. The molecule has 2 aromatic rings. The summed E-state index contributed by atoms with van der Waals surface area (Å²) in [7, 11) is 2.13. The van der Waals surface area contributed by atoms with Crippen LogP contribution in [0.3, 0.4) is 0 Å². The molecule has 2 fully saturated rings. The van der Waals surface area contributed by atoms with Gasteiger partial charge in [0.25, 0.3) is 0 Å². The predicted octanol–water partition coefficient (Wildman–Crippen LogP) is 3.96. The molecule has 2 saturated heterocycles. The van der Waals surface area contributed by atoms with Crippen molar-refractivity contribution in [3.63, 3.8) is 0 Å². The van der Waals surface area contributed by atoms with E-state index in [2.05, 4.69) is 27.8 Å². The standard InChI is InChI=1S/C24H29Cl2N3O2S/c1-27-8-10-28(11-9-27)21-5-3-2-4-18(21)23(31)24-22(16-30)29(12-13-32-24)15-17-6-7-19(25)20(26)14-17/h2-7,14,16,22-24,31H,8-13,15H2,1H3. The number of nitrogens with zero attached hydrogens (tertiary/aromatic N) is 3. The number of halogens is 2. The van der Waals surface area contributed by atoms with Crippen molar-refractivity contribution in [2.45, 2.75) is 23.9 Å². The van der Waals surface area contributed by atoms with Gasteiger partial charge in [0.05, 0.1) is 27.4 Å². The molecule has 2 aromatic carbocycles. The van der Waals surface area contributed by atoms with Gasteiger partial charge in [0, 0.05) is 56.3 Å². The van der Waals surface area contributed by atoms with Crippen LogP contribution in [-0.2, 0) is 11.3 Å². The highest BCUT2D eigenvalue weighted by atomic mass is 35.5. The van der Waals surface area contributed by atoms with Gasteiger partial charge in [-0.25, -0.2) is 0 Å². The van der Waals surface area contributed by atoms with Crippen LogP contribution < -0.4 is 4.90 Å². The van der Waals surface area contributed by atoms with Gasteiger partial charge in [-0.3, -0.25) is 4.90 Å². The van der Waals surface area contributed by atoms with E-state index in [9.17, 15) is 9.90 Å². The number of hydrogen-bond acceptors (Lipinski definition) is 6. The van der Waals surface area contributed by atoms with Crippen molar-refractivity contribution >= 4 is 46.9 Å². The molecule has 3 unspecified atom stereocenters. The molecule has 32 heavy (non-hydrogen) atoms. The number of aliphatic hydroxyl groups is 1. The molecular weight excluding hydrogens is 465 g/mol. The Kier molecular flexibility index (Phi) is 8.03. The number of rotatable bonds is 6. The summed E-state index contributed by atoms with van der Waals surface area (Å²) in [4.78, 5) is 19.0. The second kappa shape index (κ2) is 10.8. The molecule has 2 aliphatic rings. The average molecular weight is 494 g/mol. The van der Waals surface area contributed by atoms with Crippen molar-refractivity contribution < 1.29 is 9.90 Å². The van der Waals surface area contributed by atoms with E-state index >= 15 is 0 Å². The summed E-state index contributed by atoms with van der Waals surface area (Å²) in [5.74, 6) is 0.851. The van der Waals surface area contributed by atoms with Crippen molar-refractivity contribution in [3.8, 4) is 0 Å². The number of para-hydroxylation sites is 1. The number of anilines is 1. The number of hydrogen-bond donors (Lipinski definition) is 1. The molecule has 5 nitrogen and oxygen atoms in total. The van der Waals surface area contributed by atoms with Crippen LogP contribution in [0, 0.1) is 0 Å². The Morgan fingerprint density at radius 2 is 1.84 bits per heavy atom. The first-order valence-electron chi connectivity index (χ1n) is 10.9. The fourth-order valence-corrected chi connectivity index (χ4v) is 6.20. The lowest BCUT2D eigenvalue weighted by atomic mass is 9.97. The molecule has 2 aliphatic heterocycles. The molecule has 0 bridgehead atoms. The molecule has 0 spiro atoms. The Balaban J connectivity index is 1.55. The van der Waals surface area contributed by atoms with Crippen LogP contribution >= 0.6 is 35.0 Å². The van der Waals surface area contributed by atoms with E-state index in [0.29, 0.717) is 16.6 Å². The number of piperazine rings is 1. The minimum absolute atomic E-state index is 0.238. The summed E-state index contributed by atoms with van der Waals surface area (Å²) < 4.78 is 0. The van der Waals surface area contributed by atoms with Crippen LogP contribution in [0.5, 0.6) is 0 Å². The minimum atomic E-state index is -0.734. The summed E-state index contributed by atoms with van der Waals surface area (Å²) in [6.45, 7) is 5.22. The Hall–Kier alpha value is -1.28. The molecular formula is C24H29Cl2N3O2S. The first-order valence-corrected chi connectivity index (χ1v) is 12.7.